The number of H-pyrrole nitrogens is 1. The molecule has 0 bridgehead atoms. The lowest BCUT2D eigenvalue weighted by atomic mass is 10.1. The van der Waals surface area contributed by atoms with Crippen molar-refractivity contribution in [1.29, 1.82) is 0 Å². The van der Waals surface area contributed by atoms with Crippen LogP contribution in [0, 0.1) is 0 Å². The first-order chi connectivity index (χ1) is 21.5. The van der Waals surface area contributed by atoms with Gasteiger partial charge in [0.1, 0.15) is 28.8 Å². The number of carbonyl (C=O) groups is 1. The van der Waals surface area contributed by atoms with E-state index in [1.807, 2.05) is 24.3 Å². The Kier molecular flexibility index (Phi) is 13.2. The van der Waals surface area contributed by atoms with Crippen molar-refractivity contribution in [3.8, 4) is 11.5 Å². The molecule has 4 heterocycles. The standard InChI is InChI=1S/C25H33N7O3.C7H16N2/c1-4-31-8-5-9-32(11-10-31)24-17-26-22(16-27-24)25(33)28-23-14-19(29-30-23)7-6-18-12-20(34-2)15-21(13-18)35-3;1-2-9-6-3-4-8-5-7-9/h12-17H,4-11H2,1-3H3,(H2,28,29,30,33);8H,2-7H2,1H3. The zero-order valence-corrected chi connectivity index (χ0v) is 26.8. The van der Waals surface area contributed by atoms with Gasteiger partial charge in [0.15, 0.2) is 0 Å². The highest BCUT2D eigenvalue weighted by Crippen LogP contribution is 2.23. The van der Waals surface area contributed by atoms with Crippen molar-refractivity contribution in [3.63, 3.8) is 0 Å². The van der Waals surface area contributed by atoms with Gasteiger partial charge in [-0.05, 0) is 76.1 Å². The van der Waals surface area contributed by atoms with Gasteiger partial charge in [-0.15, -0.1) is 0 Å². The number of rotatable bonds is 10. The van der Waals surface area contributed by atoms with Gasteiger partial charge < -0.3 is 34.8 Å². The maximum absolute atomic E-state index is 12.7. The average molecular weight is 608 g/mol. The monoisotopic (exact) mass is 607 g/mol. The first-order valence-electron chi connectivity index (χ1n) is 15.8. The Hall–Kier alpha value is -3.74. The minimum atomic E-state index is -0.329. The number of methoxy groups -OCH3 is 2. The van der Waals surface area contributed by atoms with Crippen molar-refractivity contribution in [2.24, 2.45) is 0 Å². The highest BCUT2D eigenvalue weighted by atomic mass is 16.5. The number of ether oxygens (including phenoxy) is 2. The van der Waals surface area contributed by atoms with Gasteiger partial charge in [-0.25, -0.2) is 9.97 Å². The second-order valence-corrected chi connectivity index (χ2v) is 11.0. The second-order valence-electron chi connectivity index (χ2n) is 11.0. The number of aromatic amines is 1. The predicted molar refractivity (Wildman–Crippen MR) is 174 cm³/mol. The van der Waals surface area contributed by atoms with Gasteiger partial charge in [0.25, 0.3) is 5.91 Å². The summed E-state index contributed by atoms with van der Waals surface area (Å²) < 4.78 is 10.7. The summed E-state index contributed by atoms with van der Waals surface area (Å²) in [5.41, 5.74) is 2.18. The highest BCUT2D eigenvalue weighted by Gasteiger charge is 2.17. The molecule has 1 aromatic carbocycles. The van der Waals surface area contributed by atoms with Crippen LogP contribution in [0.25, 0.3) is 0 Å². The molecule has 240 valence electrons. The van der Waals surface area contributed by atoms with Crippen molar-refractivity contribution < 1.29 is 14.3 Å². The van der Waals surface area contributed by atoms with E-state index in [0.717, 1.165) is 74.1 Å². The summed E-state index contributed by atoms with van der Waals surface area (Å²) in [6.45, 7) is 15.5. The first kappa shape index (κ1) is 33.2. The van der Waals surface area contributed by atoms with Crippen LogP contribution in [0.4, 0.5) is 11.6 Å². The van der Waals surface area contributed by atoms with E-state index in [0.29, 0.717) is 12.2 Å². The van der Waals surface area contributed by atoms with E-state index in [9.17, 15) is 4.79 Å². The van der Waals surface area contributed by atoms with Gasteiger partial charge in [0, 0.05) is 44.9 Å². The Balaban J connectivity index is 0.000000421. The smallest absolute Gasteiger partial charge is 0.277 e. The molecule has 0 saturated carbocycles. The average Bonchev–Trinajstić information content (AvgIpc) is 3.23. The number of aromatic nitrogens is 4. The van der Waals surface area contributed by atoms with Gasteiger partial charge in [0.05, 0.1) is 32.3 Å². The minimum absolute atomic E-state index is 0.262. The van der Waals surface area contributed by atoms with Gasteiger partial charge in [-0.3, -0.25) is 9.89 Å². The number of anilines is 2. The van der Waals surface area contributed by atoms with Gasteiger partial charge in [-0.1, -0.05) is 13.8 Å². The molecule has 2 aromatic heterocycles. The Labute approximate surface area is 261 Å². The van der Waals surface area contributed by atoms with Gasteiger partial charge in [-0.2, -0.15) is 5.10 Å². The molecule has 12 nitrogen and oxygen atoms in total. The van der Waals surface area contributed by atoms with Crippen LogP contribution in [-0.2, 0) is 12.8 Å². The molecule has 0 atom stereocenters. The first-order valence-corrected chi connectivity index (χ1v) is 15.8. The number of nitrogens with zero attached hydrogens (tertiary/aromatic N) is 6. The van der Waals surface area contributed by atoms with E-state index in [2.05, 4.69) is 59.3 Å². The van der Waals surface area contributed by atoms with Crippen LogP contribution in [-0.4, -0.2) is 116 Å². The SMILES string of the molecule is CCN1CCCN(c2cnc(C(=O)Nc3cc(CCc4cc(OC)cc(OC)c4)n[nH]3)cn2)CC1.CCN1CCCNCC1. The third-order valence-corrected chi connectivity index (χ3v) is 8.07. The van der Waals surface area contributed by atoms with Crippen molar-refractivity contribution in [1.82, 2.24) is 35.3 Å². The van der Waals surface area contributed by atoms with E-state index in [-0.39, 0.29) is 11.6 Å². The van der Waals surface area contributed by atoms with Crippen LogP contribution in [0.1, 0.15) is 48.4 Å². The lowest BCUT2D eigenvalue weighted by Crippen LogP contribution is -2.31. The minimum Gasteiger partial charge on any atom is -0.497 e. The number of aryl methyl sites for hydroxylation is 2. The third-order valence-electron chi connectivity index (χ3n) is 8.07. The second kappa shape index (κ2) is 17.5. The van der Waals surface area contributed by atoms with Crippen LogP contribution in [0.2, 0.25) is 0 Å². The fourth-order valence-corrected chi connectivity index (χ4v) is 5.36. The largest absolute Gasteiger partial charge is 0.497 e. The fourth-order valence-electron chi connectivity index (χ4n) is 5.36. The molecule has 2 saturated heterocycles. The van der Waals surface area contributed by atoms with E-state index in [1.54, 1.807) is 20.4 Å². The van der Waals surface area contributed by atoms with Gasteiger partial charge in [0.2, 0.25) is 0 Å². The molecule has 0 spiro atoms. The summed E-state index contributed by atoms with van der Waals surface area (Å²) in [6.07, 6.45) is 7.06. The predicted octanol–water partition coefficient (Wildman–Crippen LogP) is 3.09. The zero-order valence-electron chi connectivity index (χ0n) is 26.8. The van der Waals surface area contributed by atoms with E-state index < -0.39 is 0 Å². The van der Waals surface area contributed by atoms with Crippen molar-refractivity contribution in [2.75, 3.05) is 89.9 Å². The van der Waals surface area contributed by atoms with Crippen LogP contribution >= 0.6 is 0 Å². The molecule has 0 unspecified atom stereocenters. The molecular formula is C32H49N9O3. The molecule has 2 fully saturated rings. The molecule has 12 heteroatoms. The number of nitrogens with one attached hydrogen (secondary N) is 3. The number of hydrogen-bond acceptors (Lipinski definition) is 10. The molecule has 2 aliphatic heterocycles. The number of carbonyl (C=O) groups excluding carboxylic acids is 1. The van der Waals surface area contributed by atoms with E-state index in [1.165, 1.54) is 45.3 Å². The summed E-state index contributed by atoms with van der Waals surface area (Å²) >= 11 is 0. The van der Waals surface area contributed by atoms with Crippen molar-refractivity contribution in [3.05, 3.63) is 53.6 Å². The lowest BCUT2D eigenvalue weighted by Gasteiger charge is -2.21. The summed E-state index contributed by atoms with van der Waals surface area (Å²) in [5.74, 6) is 2.49. The third kappa shape index (κ3) is 10.2. The molecule has 0 aliphatic carbocycles. The Morgan fingerprint density at radius 1 is 0.841 bits per heavy atom. The van der Waals surface area contributed by atoms with E-state index in [4.69, 9.17) is 9.47 Å². The molecule has 44 heavy (non-hydrogen) atoms. The van der Waals surface area contributed by atoms with Crippen LogP contribution in [0.15, 0.2) is 36.7 Å². The van der Waals surface area contributed by atoms with Crippen LogP contribution in [0.5, 0.6) is 11.5 Å². The molecule has 3 N–H and O–H groups in total. The Morgan fingerprint density at radius 3 is 2.30 bits per heavy atom. The number of amides is 1. The number of benzene rings is 1. The maximum atomic E-state index is 12.7. The molecule has 5 rings (SSSR count). The summed E-state index contributed by atoms with van der Waals surface area (Å²) in [6, 6.07) is 7.62. The van der Waals surface area contributed by atoms with Crippen molar-refractivity contribution >= 4 is 17.5 Å². The Morgan fingerprint density at radius 2 is 1.59 bits per heavy atom. The molecule has 3 aromatic rings. The highest BCUT2D eigenvalue weighted by molar-refractivity contribution is 6.02. The molecule has 2 aliphatic rings. The summed E-state index contributed by atoms with van der Waals surface area (Å²) in [4.78, 5) is 28.6. The van der Waals surface area contributed by atoms with Gasteiger partial charge >= 0.3 is 0 Å². The lowest BCUT2D eigenvalue weighted by molar-refractivity contribution is 0.102. The van der Waals surface area contributed by atoms with Crippen LogP contribution < -0.4 is 25.0 Å². The molecule has 0 radical (unpaired) electrons. The maximum Gasteiger partial charge on any atom is 0.277 e. The molecular weight excluding hydrogens is 558 g/mol. The quantitative estimate of drug-likeness (QED) is 0.317. The van der Waals surface area contributed by atoms with E-state index >= 15 is 0 Å². The Bertz CT molecular complexity index is 1250. The molecule has 1 amide bonds. The number of likely N-dealkylation sites (N-methyl/N-ethyl adjacent to an activating group) is 2. The van der Waals surface area contributed by atoms with Crippen molar-refractivity contribution in [2.45, 2.75) is 39.5 Å². The fraction of sp³-hybridized carbons (Fsp3) is 0.562. The topological polar surface area (TPSA) is 124 Å². The summed E-state index contributed by atoms with van der Waals surface area (Å²) in [7, 11) is 3.27. The summed E-state index contributed by atoms with van der Waals surface area (Å²) in [5, 5.41) is 13.4. The van der Waals surface area contributed by atoms with Crippen LogP contribution in [0.3, 0.4) is 0 Å². The zero-order chi connectivity index (χ0) is 31.1. The number of hydrogen-bond donors (Lipinski definition) is 3. The normalized spacial score (nSPS) is 16.3.